The first kappa shape index (κ1) is 14.0. The molecule has 96 valence electrons. The van der Waals surface area contributed by atoms with E-state index in [2.05, 4.69) is 39.6 Å². The summed E-state index contributed by atoms with van der Waals surface area (Å²) in [6, 6.07) is 0.668. The summed E-state index contributed by atoms with van der Waals surface area (Å²) in [6.07, 6.45) is 5.14. The monoisotopic (exact) mass is 226 g/mol. The molecular formula is C14H30N2. The van der Waals surface area contributed by atoms with Crippen LogP contribution in [0.4, 0.5) is 0 Å². The smallest absolute Gasteiger partial charge is 0.0337 e. The van der Waals surface area contributed by atoms with E-state index in [1.807, 2.05) is 0 Å². The summed E-state index contributed by atoms with van der Waals surface area (Å²) in [5.41, 5.74) is 6.33. The lowest BCUT2D eigenvalue weighted by Gasteiger charge is -2.56. The van der Waals surface area contributed by atoms with Gasteiger partial charge in [-0.2, -0.15) is 0 Å². The van der Waals surface area contributed by atoms with Gasteiger partial charge in [-0.05, 0) is 45.1 Å². The largest absolute Gasteiger partial charge is 0.329 e. The van der Waals surface area contributed by atoms with E-state index in [4.69, 9.17) is 5.73 Å². The number of nitrogens with zero attached hydrogens (tertiary/aromatic N) is 1. The number of rotatable bonds is 6. The Labute approximate surface area is 102 Å². The second-order valence-electron chi connectivity index (χ2n) is 6.09. The van der Waals surface area contributed by atoms with Crippen molar-refractivity contribution in [3.05, 3.63) is 0 Å². The molecule has 1 unspecified atom stereocenters. The zero-order valence-electron chi connectivity index (χ0n) is 11.8. The summed E-state index contributed by atoms with van der Waals surface area (Å²) in [5.74, 6) is 1.70. The minimum atomic E-state index is 0.309. The Balaban J connectivity index is 2.55. The molecule has 0 heterocycles. The Morgan fingerprint density at radius 1 is 1.31 bits per heavy atom. The van der Waals surface area contributed by atoms with E-state index in [1.165, 1.54) is 25.7 Å². The topological polar surface area (TPSA) is 29.3 Å². The summed E-state index contributed by atoms with van der Waals surface area (Å²) in [6.45, 7) is 10.1. The fraction of sp³-hybridized carbons (Fsp3) is 1.00. The average molecular weight is 226 g/mol. The second kappa shape index (κ2) is 5.50. The van der Waals surface area contributed by atoms with Crippen LogP contribution in [0.5, 0.6) is 0 Å². The van der Waals surface area contributed by atoms with Crippen LogP contribution in [0.2, 0.25) is 0 Å². The Morgan fingerprint density at radius 3 is 2.25 bits per heavy atom. The van der Waals surface area contributed by atoms with Crippen molar-refractivity contribution in [3.63, 3.8) is 0 Å². The van der Waals surface area contributed by atoms with Crippen LogP contribution in [0.1, 0.15) is 53.4 Å². The summed E-state index contributed by atoms with van der Waals surface area (Å²) in [5, 5.41) is 0. The van der Waals surface area contributed by atoms with Crippen LogP contribution in [-0.2, 0) is 0 Å². The van der Waals surface area contributed by atoms with Crippen molar-refractivity contribution in [2.24, 2.45) is 17.6 Å². The first-order valence-corrected chi connectivity index (χ1v) is 6.90. The van der Waals surface area contributed by atoms with Crippen LogP contribution >= 0.6 is 0 Å². The molecule has 0 amide bonds. The zero-order chi connectivity index (χ0) is 12.3. The molecule has 1 saturated carbocycles. The molecule has 2 heteroatoms. The Bertz CT molecular complexity index is 207. The zero-order valence-corrected chi connectivity index (χ0v) is 11.8. The van der Waals surface area contributed by atoms with Crippen molar-refractivity contribution in [1.82, 2.24) is 4.90 Å². The summed E-state index contributed by atoms with van der Waals surface area (Å²) in [7, 11) is 2.27. The van der Waals surface area contributed by atoms with Gasteiger partial charge in [0.05, 0.1) is 0 Å². The van der Waals surface area contributed by atoms with Gasteiger partial charge in [-0.3, -0.25) is 4.90 Å². The lowest BCUT2D eigenvalue weighted by Crippen LogP contribution is -2.63. The van der Waals surface area contributed by atoms with E-state index in [1.54, 1.807) is 0 Å². The Hall–Kier alpha value is -0.0800. The molecule has 1 atom stereocenters. The average Bonchev–Trinajstić information content (AvgIpc) is 2.16. The number of nitrogens with two attached hydrogens (primary N) is 1. The normalized spacial score (nSPS) is 31.9. The van der Waals surface area contributed by atoms with Gasteiger partial charge in [0, 0.05) is 18.1 Å². The lowest BCUT2D eigenvalue weighted by atomic mass is 9.63. The maximum atomic E-state index is 6.02. The highest BCUT2D eigenvalue weighted by atomic mass is 15.2. The fourth-order valence-corrected chi connectivity index (χ4v) is 3.07. The molecule has 2 N–H and O–H groups in total. The molecule has 1 aliphatic carbocycles. The molecule has 0 bridgehead atoms. The molecule has 1 fully saturated rings. The van der Waals surface area contributed by atoms with Gasteiger partial charge in [-0.25, -0.2) is 0 Å². The van der Waals surface area contributed by atoms with Gasteiger partial charge in [0.2, 0.25) is 0 Å². The van der Waals surface area contributed by atoms with Crippen LogP contribution in [0.25, 0.3) is 0 Å². The fourth-order valence-electron chi connectivity index (χ4n) is 3.07. The van der Waals surface area contributed by atoms with Crippen LogP contribution < -0.4 is 5.73 Å². The van der Waals surface area contributed by atoms with Gasteiger partial charge in [0.25, 0.3) is 0 Å². The predicted octanol–water partition coefficient (Wildman–Crippen LogP) is 2.87. The first-order chi connectivity index (χ1) is 7.46. The molecule has 16 heavy (non-hydrogen) atoms. The summed E-state index contributed by atoms with van der Waals surface area (Å²) < 4.78 is 0. The molecule has 0 aliphatic heterocycles. The van der Waals surface area contributed by atoms with Crippen LogP contribution in [0.15, 0.2) is 0 Å². The minimum Gasteiger partial charge on any atom is -0.329 e. The molecule has 2 nitrogen and oxygen atoms in total. The summed E-state index contributed by atoms with van der Waals surface area (Å²) >= 11 is 0. The molecule has 0 radical (unpaired) electrons. The van der Waals surface area contributed by atoms with E-state index in [-0.39, 0.29) is 0 Å². The molecule has 1 rings (SSSR count). The van der Waals surface area contributed by atoms with Gasteiger partial charge in [-0.15, -0.1) is 0 Å². The van der Waals surface area contributed by atoms with E-state index >= 15 is 0 Å². The van der Waals surface area contributed by atoms with Gasteiger partial charge in [0.1, 0.15) is 0 Å². The van der Waals surface area contributed by atoms with Crippen LogP contribution in [0, 0.1) is 11.8 Å². The highest BCUT2D eigenvalue weighted by Crippen LogP contribution is 2.45. The van der Waals surface area contributed by atoms with E-state index in [0.717, 1.165) is 18.4 Å². The third-order valence-electron chi connectivity index (χ3n) is 4.72. The molecule has 0 aromatic heterocycles. The van der Waals surface area contributed by atoms with E-state index < -0.39 is 0 Å². The third kappa shape index (κ3) is 2.60. The van der Waals surface area contributed by atoms with Gasteiger partial charge in [-0.1, -0.05) is 27.2 Å². The van der Waals surface area contributed by atoms with Gasteiger partial charge >= 0.3 is 0 Å². The molecule has 0 spiro atoms. The van der Waals surface area contributed by atoms with Crippen LogP contribution in [-0.4, -0.2) is 30.1 Å². The first-order valence-electron chi connectivity index (χ1n) is 6.90. The van der Waals surface area contributed by atoms with Crippen molar-refractivity contribution >= 4 is 0 Å². The van der Waals surface area contributed by atoms with Gasteiger partial charge < -0.3 is 5.73 Å². The number of hydrogen-bond donors (Lipinski definition) is 1. The number of hydrogen-bond acceptors (Lipinski definition) is 2. The van der Waals surface area contributed by atoms with E-state index in [0.29, 0.717) is 11.6 Å². The highest BCUT2D eigenvalue weighted by molar-refractivity contribution is 5.04. The second-order valence-corrected chi connectivity index (χ2v) is 6.09. The Morgan fingerprint density at radius 2 is 1.88 bits per heavy atom. The van der Waals surface area contributed by atoms with E-state index in [9.17, 15) is 0 Å². The molecule has 1 aliphatic rings. The van der Waals surface area contributed by atoms with Crippen molar-refractivity contribution in [2.45, 2.75) is 65.0 Å². The molecule has 0 saturated heterocycles. The van der Waals surface area contributed by atoms with Crippen LogP contribution in [0.3, 0.4) is 0 Å². The standard InChI is InChI=1S/C14H30N2/c1-6-7-12(4)16(5)14(10-15)8-13(9-14)11(2)3/h11-13H,6-10,15H2,1-5H3. The predicted molar refractivity (Wildman–Crippen MR) is 71.5 cm³/mol. The minimum absolute atomic E-state index is 0.309. The molecule has 0 aromatic rings. The maximum absolute atomic E-state index is 6.02. The quantitative estimate of drug-likeness (QED) is 0.754. The van der Waals surface area contributed by atoms with Crippen molar-refractivity contribution < 1.29 is 0 Å². The Kier molecular flexibility index (Phi) is 4.81. The molecule has 0 aromatic carbocycles. The van der Waals surface area contributed by atoms with Crippen molar-refractivity contribution in [1.29, 1.82) is 0 Å². The summed E-state index contributed by atoms with van der Waals surface area (Å²) in [4.78, 5) is 2.55. The number of likely N-dealkylation sites (N-methyl/N-ethyl adjacent to an activating group) is 1. The lowest BCUT2D eigenvalue weighted by molar-refractivity contribution is -0.0411. The molecular weight excluding hydrogens is 196 g/mol. The maximum Gasteiger partial charge on any atom is 0.0337 e. The SMILES string of the molecule is CCCC(C)N(C)C1(CN)CC(C(C)C)C1. The third-order valence-corrected chi connectivity index (χ3v) is 4.72. The van der Waals surface area contributed by atoms with Crippen molar-refractivity contribution in [3.8, 4) is 0 Å². The van der Waals surface area contributed by atoms with Gasteiger partial charge in [0.15, 0.2) is 0 Å². The highest BCUT2D eigenvalue weighted by Gasteiger charge is 2.47. The van der Waals surface area contributed by atoms with Crippen molar-refractivity contribution in [2.75, 3.05) is 13.6 Å².